The first kappa shape index (κ1) is 15.8. The molecule has 0 radical (unpaired) electrons. The maximum Gasteiger partial charge on any atom is 0.410 e. The van der Waals surface area contributed by atoms with Gasteiger partial charge in [0.2, 0.25) is 0 Å². The molecule has 0 spiro atoms. The largest absolute Gasteiger partial charge is 0.450 e. The lowest BCUT2D eigenvalue weighted by Crippen LogP contribution is -2.42. The Kier molecular flexibility index (Phi) is 5.22. The van der Waals surface area contributed by atoms with Gasteiger partial charge in [-0.1, -0.05) is 30.3 Å². The topological polar surface area (TPSA) is 63.7 Å². The molecule has 1 fully saturated rings. The monoisotopic (exact) mass is 311 g/mol. The minimum absolute atomic E-state index is 0.0423. The predicted molar refractivity (Wildman–Crippen MR) is 80.9 cm³/mol. The lowest BCUT2D eigenvalue weighted by atomic mass is 10.1. The Morgan fingerprint density at radius 2 is 2.05 bits per heavy atom. The summed E-state index contributed by atoms with van der Waals surface area (Å²) in [5.41, 5.74) is 1.12. The molecule has 5 nitrogen and oxygen atoms in total. The van der Waals surface area contributed by atoms with Gasteiger partial charge in [0.15, 0.2) is 9.84 Å². The van der Waals surface area contributed by atoms with Gasteiger partial charge in [-0.15, -0.1) is 0 Å². The standard InChI is InChI=1S/C15H21NO4S/c1-2-20-15(17)16(14-9-11-21(18,19)12-14)10-8-13-6-4-3-5-7-13/h3-7,14H,2,8-12H2,1H3. The molecule has 1 heterocycles. The van der Waals surface area contributed by atoms with Gasteiger partial charge in [0, 0.05) is 12.6 Å². The number of benzene rings is 1. The van der Waals surface area contributed by atoms with Crippen LogP contribution in [-0.2, 0) is 21.0 Å². The SMILES string of the molecule is CCOC(=O)N(CCc1ccccc1)C1CCS(=O)(=O)C1. The molecule has 0 bridgehead atoms. The molecule has 1 atom stereocenters. The molecule has 21 heavy (non-hydrogen) atoms. The fourth-order valence-electron chi connectivity index (χ4n) is 2.54. The van der Waals surface area contributed by atoms with Crippen LogP contribution in [0.15, 0.2) is 30.3 Å². The van der Waals surface area contributed by atoms with Gasteiger partial charge in [-0.25, -0.2) is 13.2 Å². The van der Waals surface area contributed by atoms with Crippen LogP contribution in [0.3, 0.4) is 0 Å². The smallest absolute Gasteiger partial charge is 0.410 e. The van der Waals surface area contributed by atoms with Crippen molar-refractivity contribution in [3.05, 3.63) is 35.9 Å². The molecule has 1 aliphatic rings. The van der Waals surface area contributed by atoms with Crippen molar-refractivity contribution in [3.63, 3.8) is 0 Å². The van der Waals surface area contributed by atoms with Crippen LogP contribution in [0.2, 0.25) is 0 Å². The maximum atomic E-state index is 12.1. The van der Waals surface area contributed by atoms with Crippen LogP contribution in [0.5, 0.6) is 0 Å². The van der Waals surface area contributed by atoms with E-state index in [0.29, 0.717) is 26.0 Å². The van der Waals surface area contributed by atoms with E-state index >= 15 is 0 Å². The van der Waals surface area contributed by atoms with Crippen molar-refractivity contribution in [3.8, 4) is 0 Å². The number of carbonyl (C=O) groups excluding carboxylic acids is 1. The second-order valence-electron chi connectivity index (χ2n) is 5.18. The lowest BCUT2D eigenvalue weighted by Gasteiger charge is -2.27. The molecule has 1 aromatic carbocycles. The highest BCUT2D eigenvalue weighted by molar-refractivity contribution is 7.91. The zero-order valence-electron chi connectivity index (χ0n) is 12.2. The number of hydrogen-bond donors (Lipinski definition) is 0. The molecule has 1 aromatic rings. The molecule has 0 aromatic heterocycles. The summed E-state index contributed by atoms with van der Waals surface area (Å²) in [4.78, 5) is 13.6. The normalized spacial score (nSPS) is 20.1. The van der Waals surface area contributed by atoms with Crippen molar-refractivity contribution in [2.75, 3.05) is 24.7 Å². The number of rotatable bonds is 5. The van der Waals surface area contributed by atoms with Gasteiger partial charge in [0.1, 0.15) is 0 Å². The van der Waals surface area contributed by atoms with E-state index < -0.39 is 15.9 Å². The molecular formula is C15H21NO4S. The molecule has 1 saturated heterocycles. The minimum atomic E-state index is -3.02. The number of nitrogens with zero attached hydrogens (tertiary/aromatic N) is 1. The Hall–Kier alpha value is -1.56. The molecular weight excluding hydrogens is 290 g/mol. The van der Waals surface area contributed by atoms with E-state index in [1.165, 1.54) is 0 Å². The highest BCUT2D eigenvalue weighted by Crippen LogP contribution is 2.19. The van der Waals surface area contributed by atoms with Gasteiger partial charge in [0.25, 0.3) is 0 Å². The van der Waals surface area contributed by atoms with Crippen LogP contribution in [0.4, 0.5) is 4.79 Å². The summed E-state index contributed by atoms with van der Waals surface area (Å²) in [5, 5.41) is 0. The zero-order valence-corrected chi connectivity index (χ0v) is 13.0. The van der Waals surface area contributed by atoms with Crippen LogP contribution in [-0.4, -0.2) is 50.1 Å². The Morgan fingerprint density at radius 3 is 2.62 bits per heavy atom. The van der Waals surface area contributed by atoms with Gasteiger partial charge >= 0.3 is 6.09 Å². The first-order valence-corrected chi connectivity index (χ1v) is 9.01. The molecule has 1 amide bonds. The summed E-state index contributed by atoms with van der Waals surface area (Å²) in [5.74, 6) is 0.194. The fraction of sp³-hybridized carbons (Fsp3) is 0.533. The third-order valence-corrected chi connectivity index (χ3v) is 5.39. The van der Waals surface area contributed by atoms with Crippen LogP contribution in [0, 0.1) is 0 Å². The fourth-order valence-corrected chi connectivity index (χ4v) is 4.28. The van der Waals surface area contributed by atoms with Crippen molar-refractivity contribution in [1.82, 2.24) is 4.90 Å². The van der Waals surface area contributed by atoms with E-state index in [1.54, 1.807) is 11.8 Å². The summed E-state index contributed by atoms with van der Waals surface area (Å²) in [6.45, 7) is 2.52. The first-order valence-electron chi connectivity index (χ1n) is 7.19. The average molecular weight is 311 g/mol. The molecule has 0 N–H and O–H groups in total. The van der Waals surface area contributed by atoms with Crippen molar-refractivity contribution >= 4 is 15.9 Å². The number of amides is 1. The van der Waals surface area contributed by atoms with Crippen LogP contribution >= 0.6 is 0 Å². The second kappa shape index (κ2) is 6.93. The summed E-state index contributed by atoms with van der Waals surface area (Å²) in [7, 11) is -3.02. The van der Waals surface area contributed by atoms with E-state index in [1.807, 2.05) is 30.3 Å². The van der Waals surface area contributed by atoms with Gasteiger partial charge < -0.3 is 9.64 Å². The summed E-state index contributed by atoms with van der Waals surface area (Å²) in [6, 6.07) is 9.56. The van der Waals surface area contributed by atoms with Crippen LogP contribution < -0.4 is 0 Å². The van der Waals surface area contributed by atoms with E-state index in [4.69, 9.17) is 4.74 Å². The summed E-state index contributed by atoms with van der Waals surface area (Å²) in [6.07, 6.45) is 0.766. The third kappa shape index (κ3) is 4.46. The third-order valence-electron chi connectivity index (χ3n) is 3.64. The van der Waals surface area contributed by atoms with E-state index in [2.05, 4.69) is 0 Å². The lowest BCUT2D eigenvalue weighted by molar-refractivity contribution is 0.0946. The summed E-state index contributed by atoms with van der Waals surface area (Å²) >= 11 is 0. The Labute approximate surface area is 125 Å². The first-order chi connectivity index (χ1) is 10.0. The quantitative estimate of drug-likeness (QED) is 0.833. The maximum absolute atomic E-state index is 12.1. The molecule has 6 heteroatoms. The Bertz CT molecular complexity index is 571. The van der Waals surface area contributed by atoms with Crippen LogP contribution in [0.1, 0.15) is 18.9 Å². The highest BCUT2D eigenvalue weighted by atomic mass is 32.2. The van der Waals surface area contributed by atoms with Gasteiger partial charge in [0.05, 0.1) is 18.1 Å². The summed E-state index contributed by atoms with van der Waals surface area (Å²) < 4.78 is 28.3. The number of ether oxygens (including phenoxy) is 1. The van der Waals surface area contributed by atoms with Crippen molar-refractivity contribution in [2.24, 2.45) is 0 Å². The Morgan fingerprint density at radius 1 is 1.33 bits per heavy atom. The van der Waals surface area contributed by atoms with E-state index in [-0.39, 0.29) is 17.5 Å². The Balaban J connectivity index is 2.04. The molecule has 0 saturated carbocycles. The minimum Gasteiger partial charge on any atom is -0.450 e. The molecule has 0 aliphatic carbocycles. The number of sulfone groups is 1. The van der Waals surface area contributed by atoms with Crippen LogP contribution in [0.25, 0.3) is 0 Å². The molecule has 2 rings (SSSR count). The van der Waals surface area contributed by atoms with Crippen molar-refractivity contribution < 1.29 is 17.9 Å². The van der Waals surface area contributed by atoms with E-state index in [9.17, 15) is 13.2 Å². The van der Waals surface area contributed by atoms with Gasteiger partial charge in [-0.2, -0.15) is 0 Å². The van der Waals surface area contributed by atoms with E-state index in [0.717, 1.165) is 5.56 Å². The zero-order chi connectivity index (χ0) is 15.3. The number of carbonyl (C=O) groups is 1. The molecule has 1 unspecified atom stereocenters. The molecule has 116 valence electrons. The second-order valence-corrected chi connectivity index (χ2v) is 7.41. The van der Waals surface area contributed by atoms with Crippen molar-refractivity contribution in [2.45, 2.75) is 25.8 Å². The highest BCUT2D eigenvalue weighted by Gasteiger charge is 2.35. The van der Waals surface area contributed by atoms with Crippen molar-refractivity contribution in [1.29, 1.82) is 0 Å². The molecule has 1 aliphatic heterocycles. The van der Waals surface area contributed by atoms with Gasteiger partial charge in [-0.05, 0) is 25.3 Å². The predicted octanol–water partition coefficient (Wildman–Crippen LogP) is 1.87. The average Bonchev–Trinajstić information content (AvgIpc) is 2.81. The number of hydrogen-bond acceptors (Lipinski definition) is 4. The van der Waals surface area contributed by atoms with Gasteiger partial charge in [-0.3, -0.25) is 0 Å².